The van der Waals surface area contributed by atoms with Crippen LogP contribution in [0.25, 0.3) is 27.5 Å². The summed E-state index contributed by atoms with van der Waals surface area (Å²) in [6.45, 7) is 6.51. The number of aromatic nitrogens is 3. The molecule has 1 fully saturated rings. The van der Waals surface area contributed by atoms with Gasteiger partial charge in [-0.3, -0.25) is 4.79 Å². The number of H-pyrrole nitrogens is 1. The van der Waals surface area contributed by atoms with Crippen LogP contribution in [0.5, 0.6) is 5.75 Å². The van der Waals surface area contributed by atoms with Gasteiger partial charge in [0, 0.05) is 49.9 Å². The SMILES string of the molecule is COc1cccc(-n2nc3c(c2N)c(=O)[nH]c2cc(NCCCN4CCN(C)CC4)ccc23)c1. The van der Waals surface area contributed by atoms with Gasteiger partial charge in [0.2, 0.25) is 0 Å². The summed E-state index contributed by atoms with van der Waals surface area (Å²) in [5.74, 6) is 0.996. The van der Waals surface area contributed by atoms with E-state index < -0.39 is 0 Å². The van der Waals surface area contributed by atoms with Gasteiger partial charge in [-0.2, -0.15) is 5.10 Å². The highest BCUT2D eigenvalue weighted by Gasteiger charge is 2.17. The van der Waals surface area contributed by atoms with Crippen molar-refractivity contribution in [3.05, 3.63) is 52.8 Å². The van der Waals surface area contributed by atoms with Gasteiger partial charge in [-0.15, -0.1) is 0 Å². The lowest BCUT2D eigenvalue weighted by Gasteiger charge is -2.32. The number of fused-ring (bicyclic) bond motifs is 3. The predicted octanol–water partition coefficient (Wildman–Crippen LogP) is 2.51. The largest absolute Gasteiger partial charge is 0.497 e. The molecule has 0 spiro atoms. The number of ether oxygens (including phenoxy) is 1. The molecular formula is C25H31N7O2. The third-order valence-corrected chi connectivity index (χ3v) is 6.55. The summed E-state index contributed by atoms with van der Waals surface area (Å²) < 4.78 is 6.90. The summed E-state index contributed by atoms with van der Waals surface area (Å²) in [5.41, 5.74) is 9.13. The second-order valence-electron chi connectivity index (χ2n) is 8.86. The second kappa shape index (κ2) is 9.36. The average molecular weight is 462 g/mol. The summed E-state index contributed by atoms with van der Waals surface area (Å²) in [6, 6.07) is 13.4. The zero-order valence-corrected chi connectivity index (χ0v) is 19.7. The fraction of sp³-hybridized carbons (Fsp3) is 0.360. The highest BCUT2D eigenvalue weighted by Crippen LogP contribution is 2.29. The van der Waals surface area contributed by atoms with Gasteiger partial charge in [0.1, 0.15) is 22.5 Å². The topological polar surface area (TPSA) is 104 Å². The molecule has 2 aromatic heterocycles. The van der Waals surface area contributed by atoms with Gasteiger partial charge in [-0.05, 0) is 50.3 Å². The maximum Gasteiger partial charge on any atom is 0.261 e. The molecule has 1 aliphatic rings. The van der Waals surface area contributed by atoms with Crippen LogP contribution in [-0.2, 0) is 0 Å². The second-order valence-corrected chi connectivity index (χ2v) is 8.86. The molecule has 3 heterocycles. The number of nitrogens with zero attached hydrogens (tertiary/aromatic N) is 4. The fourth-order valence-electron chi connectivity index (χ4n) is 4.54. The van der Waals surface area contributed by atoms with Crippen molar-refractivity contribution in [3.63, 3.8) is 0 Å². The zero-order chi connectivity index (χ0) is 23.7. The first-order valence-corrected chi connectivity index (χ1v) is 11.7. The van der Waals surface area contributed by atoms with E-state index in [2.05, 4.69) is 27.1 Å². The van der Waals surface area contributed by atoms with Crippen LogP contribution in [0.2, 0.25) is 0 Å². The van der Waals surface area contributed by atoms with Crippen LogP contribution >= 0.6 is 0 Å². The molecule has 178 valence electrons. The number of benzene rings is 2. The van der Waals surface area contributed by atoms with Gasteiger partial charge in [0.25, 0.3) is 5.56 Å². The highest BCUT2D eigenvalue weighted by atomic mass is 16.5. The minimum atomic E-state index is -0.249. The Balaban J connectivity index is 1.37. The van der Waals surface area contributed by atoms with Crippen LogP contribution in [-0.4, -0.2) is 78.0 Å². The lowest BCUT2D eigenvalue weighted by molar-refractivity contribution is 0.154. The third kappa shape index (κ3) is 4.32. The van der Waals surface area contributed by atoms with E-state index in [1.165, 1.54) is 0 Å². The summed E-state index contributed by atoms with van der Waals surface area (Å²) in [7, 11) is 3.78. The molecule has 0 unspecified atom stereocenters. The van der Waals surface area contributed by atoms with Crippen molar-refractivity contribution in [1.82, 2.24) is 24.6 Å². The van der Waals surface area contributed by atoms with Gasteiger partial charge < -0.3 is 30.6 Å². The molecule has 5 rings (SSSR count). The molecule has 0 atom stereocenters. The van der Waals surface area contributed by atoms with E-state index in [-0.39, 0.29) is 5.56 Å². The molecule has 1 aliphatic heterocycles. The molecule has 0 saturated carbocycles. The van der Waals surface area contributed by atoms with Gasteiger partial charge in [0.05, 0.1) is 18.3 Å². The molecule has 4 aromatic rings. The van der Waals surface area contributed by atoms with Gasteiger partial charge in [-0.25, -0.2) is 4.68 Å². The first-order valence-electron chi connectivity index (χ1n) is 11.7. The Morgan fingerprint density at radius 1 is 1.15 bits per heavy atom. The van der Waals surface area contributed by atoms with Crippen molar-refractivity contribution >= 4 is 33.3 Å². The van der Waals surface area contributed by atoms with Crippen LogP contribution in [0.1, 0.15) is 6.42 Å². The molecule has 2 aromatic carbocycles. The Bertz CT molecular complexity index is 1370. The summed E-state index contributed by atoms with van der Waals surface area (Å²) in [4.78, 5) is 20.8. The Labute approximate surface area is 198 Å². The minimum absolute atomic E-state index is 0.249. The number of rotatable bonds is 7. The molecule has 9 heteroatoms. The van der Waals surface area contributed by atoms with Crippen LogP contribution in [0, 0.1) is 0 Å². The molecule has 34 heavy (non-hydrogen) atoms. The molecule has 0 amide bonds. The van der Waals surface area contributed by atoms with Crippen molar-refractivity contribution in [3.8, 4) is 11.4 Å². The van der Waals surface area contributed by atoms with Crippen LogP contribution in [0.3, 0.4) is 0 Å². The number of hydrogen-bond acceptors (Lipinski definition) is 7. The highest BCUT2D eigenvalue weighted by molar-refractivity contribution is 6.07. The van der Waals surface area contributed by atoms with Crippen LogP contribution in [0.15, 0.2) is 47.3 Å². The number of pyridine rings is 1. The molecular weight excluding hydrogens is 430 g/mol. The normalized spacial score (nSPS) is 15.2. The van der Waals surface area contributed by atoms with Gasteiger partial charge in [0.15, 0.2) is 0 Å². The number of aromatic amines is 1. The van der Waals surface area contributed by atoms with Crippen molar-refractivity contribution in [2.45, 2.75) is 6.42 Å². The Morgan fingerprint density at radius 3 is 2.76 bits per heavy atom. The number of methoxy groups -OCH3 is 1. The number of nitrogen functional groups attached to an aromatic ring is 1. The lowest BCUT2D eigenvalue weighted by Crippen LogP contribution is -2.44. The monoisotopic (exact) mass is 461 g/mol. The number of nitrogens with one attached hydrogen (secondary N) is 2. The van der Waals surface area contributed by atoms with E-state index in [9.17, 15) is 4.79 Å². The van der Waals surface area contributed by atoms with Crippen molar-refractivity contribution in [2.24, 2.45) is 0 Å². The first kappa shape index (κ1) is 22.2. The van der Waals surface area contributed by atoms with E-state index in [4.69, 9.17) is 15.6 Å². The molecule has 0 aliphatic carbocycles. The van der Waals surface area contributed by atoms with E-state index in [1.54, 1.807) is 11.8 Å². The smallest absolute Gasteiger partial charge is 0.261 e. The van der Waals surface area contributed by atoms with E-state index in [0.717, 1.165) is 68.0 Å². The Morgan fingerprint density at radius 2 is 1.97 bits per heavy atom. The van der Waals surface area contributed by atoms with E-state index in [0.29, 0.717) is 22.5 Å². The fourth-order valence-corrected chi connectivity index (χ4v) is 4.54. The number of nitrogens with two attached hydrogens (primary N) is 1. The molecule has 0 bridgehead atoms. The van der Waals surface area contributed by atoms with Crippen molar-refractivity contribution < 1.29 is 4.74 Å². The maximum absolute atomic E-state index is 12.9. The van der Waals surface area contributed by atoms with Crippen LogP contribution in [0.4, 0.5) is 11.5 Å². The quantitative estimate of drug-likeness (QED) is 0.363. The zero-order valence-electron chi connectivity index (χ0n) is 19.7. The van der Waals surface area contributed by atoms with E-state index >= 15 is 0 Å². The molecule has 1 saturated heterocycles. The lowest BCUT2D eigenvalue weighted by atomic mass is 10.1. The minimum Gasteiger partial charge on any atom is -0.497 e. The molecule has 4 N–H and O–H groups in total. The molecule has 9 nitrogen and oxygen atoms in total. The summed E-state index contributed by atoms with van der Waals surface area (Å²) in [6.07, 6.45) is 1.07. The Hall–Kier alpha value is -3.56. The predicted molar refractivity (Wildman–Crippen MR) is 137 cm³/mol. The van der Waals surface area contributed by atoms with Crippen LogP contribution < -0.4 is 21.3 Å². The number of likely N-dealkylation sites (N-methyl/N-ethyl adjacent to an activating group) is 1. The number of piperazine rings is 1. The van der Waals surface area contributed by atoms with Gasteiger partial charge >= 0.3 is 0 Å². The third-order valence-electron chi connectivity index (χ3n) is 6.55. The Kier molecular flexibility index (Phi) is 6.12. The standard InChI is InChI=1S/C25H31N7O2/c1-30-11-13-31(14-12-30)10-4-9-27-17-7-8-20-21(15-17)28-25(33)22-23(20)29-32(24(22)26)18-5-3-6-19(16-18)34-2/h3,5-8,15-16,27H,4,9-14,26H2,1-2H3,(H,28,33). The summed E-state index contributed by atoms with van der Waals surface area (Å²) >= 11 is 0. The summed E-state index contributed by atoms with van der Waals surface area (Å²) in [5, 5.41) is 9.42. The average Bonchev–Trinajstić information content (AvgIpc) is 3.21. The number of hydrogen-bond donors (Lipinski definition) is 3. The maximum atomic E-state index is 12.9. The first-order chi connectivity index (χ1) is 16.5. The van der Waals surface area contributed by atoms with Crippen molar-refractivity contribution in [1.29, 1.82) is 0 Å². The molecule has 0 radical (unpaired) electrons. The van der Waals surface area contributed by atoms with Crippen molar-refractivity contribution in [2.75, 3.05) is 64.5 Å². The van der Waals surface area contributed by atoms with E-state index in [1.807, 2.05) is 42.5 Å². The van der Waals surface area contributed by atoms with Gasteiger partial charge in [-0.1, -0.05) is 6.07 Å². The number of anilines is 2.